The number of nitrogens with zero attached hydrogens (tertiary/aromatic N) is 1. The topological polar surface area (TPSA) is 29.3 Å². The van der Waals surface area contributed by atoms with Gasteiger partial charge in [-0.05, 0) is 49.9 Å². The summed E-state index contributed by atoms with van der Waals surface area (Å²) in [7, 11) is 2.26. The van der Waals surface area contributed by atoms with Crippen LogP contribution in [0.15, 0.2) is 24.3 Å². The Morgan fingerprint density at radius 3 is 2.37 bits per heavy atom. The number of rotatable bonds is 5. The van der Waals surface area contributed by atoms with Crippen molar-refractivity contribution in [3.05, 3.63) is 35.4 Å². The fourth-order valence-corrected chi connectivity index (χ4v) is 3.33. The Kier molecular flexibility index (Phi) is 5.41. The van der Waals surface area contributed by atoms with Crippen molar-refractivity contribution in [2.45, 2.75) is 51.6 Å². The zero-order chi connectivity index (χ0) is 13.7. The maximum absolute atomic E-state index is 5.94. The Labute approximate surface area is 118 Å². The largest absolute Gasteiger partial charge is 0.330 e. The van der Waals surface area contributed by atoms with Crippen molar-refractivity contribution < 1.29 is 0 Å². The van der Waals surface area contributed by atoms with Crippen LogP contribution in [0.25, 0.3) is 0 Å². The summed E-state index contributed by atoms with van der Waals surface area (Å²) in [6.07, 6.45) is 6.46. The van der Waals surface area contributed by atoms with E-state index in [4.69, 9.17) is 5.73 Å². The molecule has 2 N–H and O–H groups in total. The molecule has 0 aromatic heterocycles. The lowest BCUT2D eigenvalue weighted by molar-refractivity contribution is 0.127. The molecule has 2 nitrogen and oxygen atoms in total. The highest BCUT2D eigenvalue weighted by atomic mass is 15.1. The number of benzene rings is 1. The van der Waals surface area contributed by atoms with Gasteiger partial charge in [-0.1, -0.05) is 44.0 Å². The normalized spacial score (nSPS) is 23.8. The molecule has 2 rings (SSSR count). The Morgan fingerprint density at radius 2 is 1.74 bits per heavy atom. The van der Waals surface area contributed by atoms with Crippen molar-refractivity contribution >= 4 is 0 Å². The quantitative estimate of drug-likeness (QED) is 0.881. The van der Waals surface area contributed by atoms with E-state index in [1.807, 2.05) is 0 Å². The fraction of sp³-hybridized carbons (Fsp3) is 0.647. The molecule has 0 radical (unpaired) electrons. The number of hydrogen-bond donors (Lipinski definition) is 1. The third-order valence-electron chi connectivity index (χ3n) is 4.60. The van der Waals surface area contributed by atoms with E-state index in [1.54, 1.807) is 0 Å². The highest BCUT2D eigenvalue weighted by Crippen LogP contribution is 2.28. The lowest BCUT2D eigenvalue weighted by Crippen LogP contribution is -2.42. The zero-order valence-corrected chi connectivity index (χ0v) is 12.4. The van der Waals surface area contributed by atoms with Gasteiger partial charge in [0.05, 0.1) is 0 Å². The molecule has 0 spiro atoms. The van der Waals surface area contributed by atoms with Gasteiger partial charge in [-0.25, -0.2) is 0 Å². The molecule has 106 valence electrons. The van der Waals surface area contributed by atoms with Crippen LogP contribution in [0.4, 0.5) is 0 Å². The van der Waals surface area contributed by atoms with E-state index in [-0.39, 0.29) is 0 Å². The standard InChI is InChI=1S/C17H28N2/c1-3-14-8-10-15(11-9-14)13-19(2)17-7-5-4-6-16(17)12-18/h8-11,16-17H,3-7,12-13,18H2,1-2H3. The summed E-state index contributed by atoms with van der Waals surface area (Å²) in [6, 6.07) is 9.73. The summed E-state index contributed by atoms with van der Waals surface area (Å²) in [5.41, 5.74) is 8.77. The first-order chi connectivity index (χ1) is 9.24. The van der Waals surface area contributed by atoms with Crippen molar-refractivity contribution in [2.75, 3.05) is 13.6 Å². The Hall–Kier alpha value is -0.860. The van der Waals surface area contributed by atoms with E-state index < -0.39 is 0 Å². The van der Waals surface area contributed by atoms with Crippen LogP contribution in [0.2, 0.25) is 0 Å². The third-order valence-corrected chi connectivity index (χ3v) is 4.60. The second-order valence-corrected chi connectivity index (χ2v) is 5.93. The van der Waals surface area contributed by atoms with E-state index >= 15 is 0 Å². The Balaban J connectivity index is 1.96. The summed E-state index contributed by atoms with van der Waals surface area (Å²) in [5.74, 6) is 0.689. The molecule has 1 aliphatic rings. The molecule has 2 unspecified atom stereocenters. The van der Waals surface area contributed by atoms with Crippen LogP contribution < -0.4 is 5.73 Å². The Morgan fingerprint density at radius 1 is 1.11 bits per heavy atom. The molecule has 19 heavy (non-hydrogen) atoms. The lowest BCUT2D eigenvalue weighted by Gasteiger charge is -2.37. The van der Waals surface area contributed by atoms with Gasteiger partial charge >= 0.3 is 0 Å². The molecule has 1 saturated carbocycles. The SMILES string of the molecule is CCc1ccc(CN(C)C2CCCCC2CN)cc1. The van der Waals surface area contributed by atoms with Crippen LogP contribution >= 0.6 is 0 Å². The van der Waals surface area contributed by atoms with Gasteiger partial charge < -0.3 is 5.73 Å². The maximum atomic E-state index is 5.94. The lowest BCUT2D eigenvalue weighted by atomic mass is 9.83. The zero-order valence-electron chi connectivity index (χ0n) is 12.4. The molecule has 1 aliphatic carbocycles. The minimum Gasteiger partial charge on any atom is -0.330 e. The van der Waals surface area contributed by atoms with Gasteiger partial charge in [0.15, 0.2) is 0 Å². The minimum atomic E-state index is 0.671. The first-order valence-electron chi connectivity index (χ1n) is 7.72. The van der Waals surface area contributed by atoms with Crippen LogP contribution in [-0.2, 0) is 13.0 Å². The van der Waals surface area contributed by atoms with E-state index in [9.17, 15) is 0 Å². The minimum absolute atomic E-state index is 0.671. The van der Waals surface area contributed by atoms with Crippen molar-refractivity contribution in [3.8, 4) is 0 Å². The molecule has 0 aliphatic heterocycles. The summed E-state index contributed by atoms with van der Waals surface area (Å²) >= 11 is 0. The van der Waals surface area contributed by atoms with Crippen molar-refractivity contribution in [1.29, 1.82) is 0 Å². The average molecular weight is 260 g/mol. The van der Waals surface area contributed by atoms with Crippen LogP contribution in [0.5, 0.6) is 0 Å². The van der Waals surface area contributed by atoms with Gasteiger partial charge in [0.25, 0.3) is 0 Å². The molecule has 0 saturated heterocycles. The van der Waals surface area contributed by atoms with Crippen LogP contribution in [-0.4, -0.2) is 24.5 Å². The second-order valence-electron chi connectivity index (χ2n) is 5.93. The van der Waals surface area contributed by atoms with Gasteiger partial charge in [0, 0.05) is 12.6 Å². The van der Waals surface area contributed by atoms with Crippen LogP contribution in [0.1, 0.15) is 43.7 Å². The first kappa shape index (κ1) is 14.5. The number of aryl methyl sites for hydroxylation is 1. The van der Waals surface area contributed by atoms with Gasteiger partial charge in [0.1, 0.15) is 0 Å². The predicted octanol–water partition coefficient (Wildman–Crippen LogP) is 3.20. The molecule has 0 heterocycles. The molecule has 2 atom stereocenters. The van der Waals surface area contributed by atoms with Gasteiger partial charge in [-0.2, -0.15) is 0 Å². The second kappa shape index (κ2) is 7.06. The molecule has 0 bridgehead atoms. The maximum Gasteiger partial charge on any atom is 0.0233 e. The highest BCUT2D eigenvalue weighted by Gasteiger charge is 2.27. The molecule has 1 fully saturated rings. The third kappa shape index (κ3) is 3.80. The smallest absolute Gasteiger partial charge is 0.0233 e. The summed E-state index contributed by atoms with van der Waals surface area (Å²) < 4.78 is 0. The van der Waals surface area contributed by atoms with Gasteiger partial charge in [-0.3, -0.25) is 4.90 Å². The number of hydrogen-bond acceptors (Lipinski definition) is 2. The molecular formula is C17H28N2. The van der Waals surface area contributed by atoms with E-state index in [2.05, 4.69) is 43.1 Å². The summed E-state index contributed by atoms with van der Waals surface area (Å²) in [6.45, 7) is 4.09. The van der Waals surface area contributed by atoms with Gasteiger partial charge in [-0.15, -0.1) is 0 Å². The van der Waals surface area contributed by atoms with Crippen molar-refractivity contribution in [1.82, 2.24) is 4.90 Å². The summed E-state index contributed by atoms with van der Waals surface area (Å²) in [4.78, 5) is 2.51. The summed E-state index contributed by atoms with van der Waals surface area (Å²) in [5, 5.41) is 0. The van der Waals surface area contributed by atoms with Crippen LogP contribution in [0.3, 0.4) is 0 Å². The monoisotopic (exact) mass is 260 g/mol. The average Bonchev–Trinajstić information content (AvgIpc) is 2.48. The van der Waals surface area contributed by atoms with E-state index in [0.29, 0.717) is 12.0 Å². The highest BCUT2D eigenvalue weighted by molar-refractivity contribution is 5.22. The molecule has 1 aromatic rings. The van der Waals surface area contributed by atoms with E-state index in [1.165, 1.54) is 36.8 Å². The number of nitrogens with two attached hydrogens (primary N) is 1. The van der Waals surface area contributed by atoms with Crippen molar-refractivity contribution in [3.63, 3.8) is 0 Å². The van der Waals surface area contributed by atoms with Gasteiger partial charge in [0.2, 0.25) is 0 Å². The molecule has 0 amide bonds. The molecule has 2 heteroatoms. The fourth-order valence-electron chi connectivity index (χ4n) is 3.33. The Bertz CT molecular complexity index is 371. The van der Waals surface area contributed by atoms with E-state index in [0.717, 1.165) is 19.5 Å². The predicted molar refractivity (Wildman–Crippen MR) is 82.1 cm³/mol. The molecular weight excluding hydrogens is 232 g/mol. The molecule has 1 aromatic carbocycles. The van der Waals surface area contributed by atoms with Crippen LogP contribution in [0, 0.1) is 5.92 Å². The van der Waals surface area contributed by atoms with Crippen molar-refractivity contribution in [2.24, 2.45) is 11.7 Å². The first-order valence-corrected chi connectivity index (χ1v) is 7.72.